The second kappa shape index (κ2) is 7.79. The van der Waals surface area contributed by atoms with Gasteiger partial charge in [-0.25, -0.2) is 0 Å². The summed E-state index contributed by atoms with van der Waals surface area (Å²) in [5, 5.41) is 9.52. The standard InChI is InChI=1S/C18H28N2O3/c1-18(14-21)9-4-10-20(13-18)12-17(22)19(2)11-15-5-7-16(23-3)8-6-15/h5-8,21H,4,9-14H2,1-3H3. The minimum Gasteiger partial charge on any atom is -0.497 e. The average molecular weight is 320 g/mol. The Morgan fingerprint density at radius 2 is 2.09 bits per heavy atom. The number of likely N-dealkylation sites (N-methyl/N-ethyl adjacent to an activating group) is 1. The second-order valence-corrected chi connectivity index (χ2v) is 6.88. The summed E-state index contributed by atoms with van der Waals surface area (Å²) < 4.78 is 5.14. The van der Waals surface area contributed by atoms with Crippen LogP contribution in [0.4, 0.5) is 0 Å². The number of carbonyl (C=O) groups excluding carboxylic acids is 1. The first-order valence-corrected chi connectivity index (χ1v) is 8.16. The number of amides is 1. The third-order valence-corrected chi connectivity index (χ3v) is 4.61. The van der Waals surface area contributed by atoms with Crippen molar-refractivity contribution in [1.82, 2.24) is 9.80 Å². The third-order valence-electron chi connectivity index (χ3n) is 4.61. The number of hydrogen-bond donors (Lipinski definition) is 1. The molecule has 128 valence electrons. The van der Waals surface area contributed by atoms with E-state index in [1.54, 1.807) is 12.0 Å². The molecule has 5 heteroatoms. The molecule has 1 aliphatic rings. The lowest BCUT2D eigenvalue weighted by molar-refractivity contribution is -0.132. The highest BCUT2D eigenvalue weighted by Gasteiger charge is 2.31. The van der Waals surface area contributed by atoms with Crippen LogP contribution in [-0.2, 0) is 11.3 Å². The van der Waals surface area contributed by atoms with E-state index < -0.39 is 0 Å². The van der Waals surface area contributed by atoms with Crippen molar-refractivity contribution in [2.24, 2.45) is 5.41 Å². The van der Waals surface area contributed by atoms with Crippen LogP contribution in [0, 0.1) is 5.41 Å². The van der Waals surface area contributed by atoms with E-state index in [-0.39, 0.29) is 17.9 Å². The summed E-state index contributed by atoms with van der Waals surface area (Å²) in [5.41, 5.74) is 1.01. The maximum absolute atomic E-state index is 12.4. The molecule has 2 rings (SSSR count). The summed E-state index contributed by atoms with van der Waals surface area (Å²) in [6, 6.07) is 7.77. The molecule has 1 fully saturated rings. The predicted octanol–water partition coefficient (Wildman–Crippen LogP) is 1.75. The van der Waals surface area contributed by atoms with Gasteiger partial charge in [-0.3, -0.25) is 9.69 Å². The fraction of sp³-hybridized carbons (Fsp3) is 0.611. The largest absolute Gasteiger partial charge is 0.497 e. The molecule has 1 heterocycles. The van der Waals surface area contributed by atoms with Crippen LogP contribution in [0.2, 0.25) is 0 Å². The predicted molar refractivity (Wildman–Crippen MR) is 90.3 cm³/mol. The number of aliphatic hydroxyl groups is 1. The fourth-order valence-corrected chi connectivity index (χ4v) is 3.10. The van der Waals surface area contributed by atoms with Crippen molar-refractivity contribution < 1.29 is 14.6 Å². The zero-order valence-corrected chi connectivity index (χ0v) is 14.4. The molecule has 1 atom stereocenters. The fourth-order valence-electron chi connectivity index (χ4n) is 3.10. The first-order valence-electron chi connectivity index (χ1n) is 8.16. The van der Waals surface area contributed by atoms with Gasteiger partial charge in [-0.2, -0.15) is 0 Å². The number of aliphatic hydroxyl groups excluding tert-OH is 1. The maximum Gasteiger partial charge on any atom is 0.236 e. The molecule has 0 spiro atoms. The molecule has 1 amide bonds. The summed E-state index contributed by atoms with van der Waals surface area (Å²) in [6.45, 7) is 4.99. The number of hydrogen-bond acceptors (Lipinski definition) is 4. The minimum absolute atomic E-state index is 0.0763. The van der Waals surface area contributed by atoms with Crippen LogP contribution in [0.3, 0.4) is 0 Å². The number of carbonyl (C=O) groups is 1. The lowest BCUT2D eigenvalue weighted by Crippen LogP contribution is -2.47. The van der Waals surface area contributed by atoms with E-state index in [0.29, 0.717) is 13.1 Å². The van der Waals surface area contributed by atoms with Gasteiger partial charge in [0, 0.05) is 32.2 Å². The zero-order chi connectivity index (χ0) is 16.9. The maximum atomic E-state index is 12.4. The van der Waals surface area contributed by atoms with Crippen molar-refractivity contribution in [2.75, 3.05) is 40.4 Å². The average Bonchev–Trinajstić information content (AvgIpc) is 2.55. The Bertz CT molecular complexity index is 518. The molecular formula is C18H28N2O3. The molecular weight excluding hydrogens is 292 g/mol. The van der Waals surface area contributed by atoms with Crippen LogP contribution in [0.25, 0.3) is 0 Å². The molecule has 1 aliphatic heterocycles. The molecule has 0 bridgehead atoms. The molecule has 1 saturated heterocycles. The minimum atomic E-state index is -0.0763. The Kier molecular flexibility index (Phi) is 6.02. The van der Waals surface area contributed by atoms with Gasteiger partial charge in [-0.1, -0.05) is 19.1 Å². The number of methoxy groups -OCH3 is 1. The van der Waals surface area contributed by atoms with Crippen molar-refractivity contribution in [3.05, 3.63) is 29.8 Å². The molecule has 1 unspecified atom stereocenters. The summed E-state index contributed by atoms with van der Waals surface area (Å²) in [5.74, 6) is 0.933. The molecule has 1 aromatic rings. The molecule has 1 aromatic carbocycles. The van der Waals surface area contributed by atoms with Crippen LogP contribution in [0.1, 0.15) is 25.3 Å². The van der Waals surface area contributed by atoms with Gasteiger partial charge >= 0.3 is 0 Å². The van der Waals surface area contributed by atoms with E-state index in [9.17, 15) is 9.90 Å². The summed E-state index contributed by atoms with van der Waals surface area (Å²) >= 11 is 0. The van der Waals surface area contributed by atoms with Crippen LogP contribution in [0.5, 0.6) is 5.75 Å². The second-order valence-electron chi connectivity index (χ2n) is 6.88. The summed E-state index contributed by atoms with van der Waals surface area (Å²) in [4.78, 5) is 16.4. The van der Waals surface area contributed by atoms with Crippen molar-refractivity contribution in [2.45, 2.75) is 26.3 Å². The topological polar surface area (TPSA) is 53.0 Å². The van der Waals surface area contributed by atoms with Gasteiger partial charge < -0.3 is 14.7 Å². The van der Waals surface area contributed by atoms with Crippen LogP contribution < -0.4 is 4.74 Å². The van der Waals surface area contributed by atoms with Gasteiger partial charge in [-0.15, -0.1) is 0 Å². The van der Waals surface area contributed by atoms with Crippen molar-refractivity contribution in [3.63, 3.8) is 0 Å². The van der Waals surface area contributed by atoms with Crippen LogP contribution >= 0.6 is 0 Å². The summed E-state index contributed by atoms with van der Waals surface area (Å²) in [6.07, 6.45) is 2.06. The SMILES string of the molecule is COc1ccc(CN(C)C(=O)CN2CCCC(C)(CO)C2)cc1. The third kappa shape index (κ3) is 4.94. The van der Waals surface area contributed by atoms with Crippen LogP contribution in [0.15, 0.2) is 24.3 Å². The van der Waals surface area contributed by atoms with Gasteiger partial charge in [0.1, 0.15) is 5.75 Å². The Labute approximate surface area is 138 Å². The Hall–Kier alpha value is -1.59. The molecule has 0 aromatic heterocycles. The van der Waals surface area contributed by atoms with E-state index >= 15 is 0 Å². The smallest absolute Gasteiger partial charge is 0.236 e. The van der Waals surface area contributed by atoms with Crippen LogP contribution in [-0.4, -0.2) is 61.2 Å². The lowest BCUT2D eigenvalue weighted by atomic mass is 9.83. The van der Waals surface area contributed by atoms with Gasteiger partial charge in [0.15, 0.2) is 0 Å². The van der Waals surface area contributed by atoms with Gasteiger partial charge in [-0.05, 0) is 37.1 Å². The quantitative estimate of drug-likeness (QED) is 0.867. The first kappa shape index (κ1) is 17.8. The zero-order valence-electron chi connectivity index (χ0n) is 14.4. The van der Waals surface area contributed by atoms with Crippen molar-refractivity contribution >= 4 is 5.91 Å². The molecule has 0 saturated carbocycles. The number of ether oxygens (including phenoxy) is 1. The Morgan fingerprint density at radius 1 is 1.39 bits per heavy atom. The molecule has 0 radical (unpaired) electrons. The number of rotatable bonds is 6. The first-order chi connectivity index (χ1) is 11.0. The van der Waals surface area contributed by atoms with E-state index in [0.717, 1.165) is 37.2 Å². The number of likely N-dealkylation sites (tertiary alicyclic amines) is 1. The van der Waals surface area contributed by atoms with Crippen molar-refractivity contribution in [3.8, 4) is 5.75 Å². The number of nitrogens with zero attached hydrogens (tertiary/aromatic N) is 2. The molecule has 0 aliphatic carbocycles. The lowest BCUT2D eigenvalue weighted by Gasteiger charge is -2.39. The van der Waals surface area contributed by atoms with Crippen molar-refractivity contribution in [1.29, 1.82) is 0 Å². The van der Waals surface area contributed by atoms with Gasteiger partial charge in [0.25, 0.3) is 0 Å². The van der Waals surface area contributed by atoms with E-state index in [1.165, 1.54) is 0 Å². The summed E-state index contributed by atoms with van der Waals surface area (Å²) in [7, 11) is 3.48. The van der Waals surface area contributed by atoms with E-state index in [1.807, 2.05) is 31.3 Å². The number of piperidine rings is 1. The normalized spacial score (nSPS) is 21.9. The van der Waals surface area contributed by atoms with E-state index in [2.05, 4.69) is 11.8 Å². The van der Waals surface area contributed by atoms with E-state index in [4.69, 9.17) is 4.74 Å². The highest BCUT2D eigenvalue weighted by atomic mass is 16.5. The molecule has 1 N–H and O–H groups in total. The monoisotopic (exact) mass is 320 g/mol. The highest BCUT2D eigenvalue weighted by molar-refractivity contribution is 5.78. The Balaban J connectivity index is 1.86. The Morgan fingerprint density at radius 3 is 2.70 bits per heavy atom. The highest BCUT2D eigenvalue weighted by Crippen LogP contribution is 2.28. The molecule has 23 heavy (non-hydrogen) atoms. The van der Waals surface area contributed by atoms with Gasteiger partial charge in [0.2, 0.25) is 5.91 Å². The number of benzene rings is 1. The molecule has 5 nitrogen and oxygen atoms in total. The van der Waals surface area contributed by atoms with Gasteiger partial charge in [0.05, 0.1) is 13.7 Å².